The normalized spacial score (nSPS) is 21.5. The summed E-state index contributed by atoms with van der Waals surface area (Å²) in [6.07, 6.45) is 2.56. The number of rotatable bonds is 0. The zero-order valence-corrected chi connectivity index (χ0v) is 18.5. The second-order valence-electron chi connectivity index (χ2n) is 5.92. The second-order valence-corrected chi connectivity index (χ2v) is 5.92. The molecule has 0 aliphatic carbocycles. The van der Waals surface area contributed by atoms with Gasteiger partial charge in [-0.15, -0.1) is 0 Å². The quantitative estimate of drug-likeness (QED) is 0.254. The third-order valence-electron chi connectivity index (χ3n) is 3.89. The topological polar surface area (TPSA) is 59.1 Å². The van der Waals surface area contributed by atoms with E-state index in [4.69, 9.17) is 10.5 Å². The molecule has 22 heavy (non-hydrogen) atoms. The van der Waals surface area contributed by atoms with Crippen molar-refractivity contribution in [3.8, 4) is 0 Å². The maximum atomic E-state index is 7.00. The zero-order chi connectivity index (χ0) is 15.4. The van der Waals surface area contributed by atoms with Gasteiger partial charge < -0.3 is 30.1 Å². The Kier molecular flexibility index (Phi) is 24.0. The summed E-state index contributed by atoms with van der Waals surface area (Å²) in [5.41, 5.74) is 0. The van der Waals surface area contributed by atoms with E-state index >= 15 is 0 Å². The summed E-state index contributed by atoms with van der Waals surface area (Å²) in [6, 6.07) is 0. The van der Waals surface area contributed by atoms with Crippen LogP contribution in [-0.2, 0) is 49.8 Å². The van der Waals surface area contributed by atoms with E-state index in [1.807, 2.05) is 0 Å². The van der Waals surface area contributed by atoms with Crippen LogP contribution in [0, 0.1) is 0 Å². The van der Waals surface area contributed by atoms with Gasteiger partial charge in [-0.25, -0.2) is 0 Å². The number of likely N-dealkylation sites (N-methyl/N-ethyl adjacent to an activating group) is 4. The van der Waals surface area contributed by atoms with Gasteiger partial charge in [-0.3, -0.25) is 0 Å². The van der Waals surface area contributed by atoms with Crippen LogP contribution < -0.4 is 10.5 Å². The molecule has 1 radical (unpaired) electrons. The van der Waals surface area contributed by atoms with Gasteiger partial charge >= 0.3 is 49.8 Å². The number of hydrogen-bond acceptors (Lipinski definition) is 6. The summed E-state index contributed by atoms with van der Waals surface area (Å²) < 4.78 is 0. The van der Waals surface area contributed by atoms with Crippen molar-refractivity contribution >= 4 is 0 Å². The van der Waals surface area contributed by atoms with Crippen LogP contribution in [0.2, 0.25) is 0 Å². The van der Waals surface area contributed by atoms with Gasteiger partial charge in [-0.2, -0.15) is 0 Å². The van der Waals surface area contributed by atoms with Crippen LogP contribution in [0.5, 0.6) is 0 Å². The fourth-order valence-corrected chi connectivity index (χ4v) is 2.35. The zero-order valence-electron chi connectivity index (χ0n) is 14.6. The van der Waals surface area contributed by atoms with E-state index in [0.29, 0.717) is 0 Å². The predicted octanol–water partition coefficient (Wildman–Crippen LogP) is -1.88. The average molecular weight is 433 g/mol. The minimum absolute atomic E-state index is 0. The van der Waals surface area contributed by atoms with Crippen molar-refractivity contribution in [1.29, 1.82) is 0 Å². The van der Waals surface area contributed by atoms with Gasteiger partial charge in [0, 0.05) is 26.2 Å². The first-order valence-corrected chi connectivity index (χ1v) is 7.49. The first-order valence-electron chi connectivity index (χ1n) is 7.49. The van der Waals surface area contributed by atoms with Crippen LogP contribution in [0.4, 0.5) is 0 Å². The summed E-state index contributed by atoms with van der Waals surface area (Å²) in [6.45, 7) is 9.63. The molecule has 1 aliphatic heterocycles. The van der Waals surface area contributed by atoms with Crippen molar-refractivity contribution in [2.45, 2.75) is 12.8 Å². The smallest absolute Gasteiger partial charge is 1.00 e. The van der Waals surface area contributed by atoms with Crippen LogP contribution >= 0.6 is 0 Å². The van der Waals surface area contributed by atoms with Gasteiger partial charge in [0.15, 0.2) is 0 Å². The Morgan fingerprint density at radius 2 is 0.682 bits per heavy atom. The van der Waals surface area contributed by atoms with E-state index in [1.165, 1.54) is 65.2 Å². The molecule has 127 valence electrons. The first-order chi connectivity index (χ1) is 9.58. The van der Waals surface area contributed by atoms with Crippen molar-refractivity contribution in [3.63, 3.8) is 0 Å². The Morgan fingerprint density at radius 1 is 0.500 bits per heavy atom. The summed E-state index contributed by atoms with van der Waals surface area (Å²) in [5.74, 6) is 0. The minimum atomic E-state index is 0. The van der Waals surface area contributed by atoms with Crippen molar-refractivity contribution < 1.29 is 60.3 Å². The fourth-order valence-electron chi connectivity index (χ4n) is 2.35. The van der Waals surface area contributed by atoms with Crippen LogP contribution in [0.1, 0.15) is 12.8 Å². The monoisotopic (exact) mass is 433 g/mol. The SMILES string of the molecule is CN1CCCN(C)CCN(C)CCCN(C)CC1.[Fe+3].[O-][O-].[Y+3]. The molecule has 1 heterocycles. The van der Waals surface area contributed by atoms with Crippen molar-refractivity contribution in [2.75, 3.05) is 80.5 Å². The summed E-state index contributed by atoms with van der Waals surface area (Å²) in [7, 11) is 8.97. The summed E-state index contributed by atoms with van der Waals surface area (Å²) in [5, 5.41) is 14.0. The van der Waals surface area contributed by atoms with Crippen molar-refractivity contribution in [3.05, 3.63) is 0 Å². The molecule has 1 rings (SSSR count). The Labute approximate surface area is 172 Å². The van der Waals surface area contributed by atoms with E-state index < -0.39 is 0 Å². The molecule has 0 amide bonds. The van der Waals surface area contributed by atoms with Gasteiger partial charge in [0.2, 0.25) is 0 Å². The van der Waals surface area contributed by atoms with Gasteiger partial charge in [0.05, 0.1) is 0 Å². The Balaban J connectivity index is -0.000000864. The Morgan fingerprint density at radius 3 is 0.864 bits per heavy atom. The molecule has 1 fully saturated rings. The van der Waals surface area contributed by atoms with Crippen LogP contribution in [0.15, 0.2) is 0 Å². The van der Waals surface area contributed by atoms with Gasteiger partial charge in [-0.05, 0) is 67.2 Å². The van der Waals surface area contributed by atoms with E-state index in [0.717, 1.165) is 0 Å². The van der Waals surface area contributed by atoms with E-state index in [2.05, 4.69) is 47.8 Å². The van der Waals surface area contributed by atoms with Crippen LogP contribution in [0.25, 0.3) is 0 Å². The average Bonchev–Trinajstić information content (AvgIpc) is 2.44. The summed E-state index contributed by atoms with van der Waals surface area (Å²) >= 11 is 0. The molecular weight excluding hydrogens is 401 g/mol. The molecule has 8 heteroatoms. The molecule has 0 aromatic carbocycles. The van der Waals surface area contributed by atoms with E-state index in [1.54, 1.807) is 0 Å². The maximum Gasteiger partial charge on any atom is 3.00 e. The molecule has 0 N–H and O–H groups in total. The molecule has 0 bridgehead atoms. The van der Waals surface area contributed by atoms with E-state index in [-0.39, 0.29) is 49.8 Å². The molecule has 0 spiro atoms. The number of hydrogen-bond donors (Lipinski definition) is 0. The Hall–Kier alpha value is 1.38. The van der Waals surface area contributed by atoms with Crippen molar-refractivity contribution in [1.82, 2.24) is 19.6 Å². The Bertz CT molecular complexity index is 189. The largest absolute Gasteiger partial charge is 3.00 e. The number of nitrogens with zero attached hydrogens (tertiary/aromatic N) is 4. The molecule has 0 atom stereocenters. The second kappa shape index (κ2) is 18.7. The van der Waals surface area contributed by atoms with Gasteiger partial charge in [0.1, 0.15) is 0 Å². The van der Waals surface area contributed by atoms with Crippen molar-refractivity contribution in [2.24, 2.45) is 0 Å². The molecule has 0 unspecified atom stereocenters. The maximum absolute atomic E-state index is 7.00. The fraction of sp³-hybridized carbons (Fsp3) is 1.00. The summed E-state index contributed by atoms with van der Waals surface area (Å²) in [4.78, 5) is 9.84. The first kappa shape index (κ1) is 28.2. The third kappa shape index (κ3) is 16.2. The molecular formula is C14H32FeN4O2Y+4. The van der Waals surface area contributed by atoms with E-state index in [9.17, 15) is 0 Å². The standard InChI is InChI=1S/C14H32N4.Fe.O2.Y/c1-15-7-5-8-17(3)13-14-18(4)10-6-9-16(2)12-11-15;;1-2;/h5-14H2,1-4H3;;;/q;+3;-2;+3. The van der Waals surface area contributed by atoms with Crippen LogP contribution in [0.3, 0.4) is 0 Å². The van der Waals surface area contributed by atoms with Gasteiger partial charge in [-0.1, -0.05) is 0 Å². The molecule has 0 aromatic rings. The van der Waals surface area contributed by atoms with Gasteiger partial charge in [0.25, 0.3) is 0 Å². The molecule has 1 aliphatic rings. The molecule has 1 saturated heterocycles. The third-order valence-corrected chi connectivity index (χ3v) is 3.89. The molecule has 6 nitrogen and oxygen atoms in total. The van der Waals surface area contributed by atoms with Crippen LogP contribution in [-0.4, -0.2) is 100 Å². The minimum Gasteiger partial charge on any atom is -1.00 e. The predicted molar refractivity (Wildman–Crippen MR) is 79.2 cm³/mol. The molecule has 0 aromatic heterocycles. The molecule has 0 saturated carbocycles.